The van der Waals surface area contributed by atoms with Crippen molar-refractivity contribution in [1.29, 1.82) is 0 Å². The number of halogens is 1. The number of likely N-dealkylation sites (N-methyl/N-ethyl adjacent to an activating group) is 2. The molecule has 0 spiro atoms. The summed E-state index contributed by atoms with van der Waals surface area (Å²) in [5, 5.41) is 50.8. The molecule has 17 atom stereocenters. The third kappa shape index (κ3) is 11.2. The molecular weight excluding hydrogens is 829 g/mol. The predicted octanol–water partition coefficient (Wildman–Crippen LogP) is 2.33. The minimum Gasteiger partial charge on any atom is -0.448 e. The van der Waals surface area contributed by atoms with Gasteiger partial charge in [0.25, 0.3) is 6.29 Å². The molecule has 0 aromatic heterocycles. The maximum atomic E-state index is 14.2. The average Bonchev–Trinajstić information content (AvgIpc) is 3.12. The first-order valence-electron chi connectivity index (χ1n) is 19.2. The molecule has 0 aliphatic carbocycles. The van der Waals surface area contributed by atoms with Gasteiger partial charge in [-0.25, -0.2) is 0 Å². The van der Waals surface area contributed by atoms with E-state index in [1.54, 1.807) is 43.4 Å². The van der Waals surface area contributed by atoms with E-state index in [-0.39, 0.29) is 36.4 Å². The number of ether oxygens (including phenoxy) is 5. The van der Waals surface area contributed by atoms with E-state index in [1.807, 2.05) is 51.7 Å². The molecule has 55 heavy (non-hydrogen) atoms. The van der Waals surface area contributed by atoms with E-state index in [0.29, 0.717) is 25.8 Å². The number of aliphatic hydroxyl groups is 4. The highest BCUT2D eigenvalue weighted by atomic mass is 127. The maximum absolute atomic E-state index is 14.2. The molecule has 316 valence electrons. The van der Waals surface area contributed by atoms with Crippen molar-refractivity contribution >= 4 is 40.1 Å². The predicted molar refractivity (Wildman–Crippen MR) is 213 cm³/mol. The lowest BCUT2D eigenvalue weighted by Gasteiger charge is -2.47. The van der Waals surface area contributed by atoms with Crippen LogP contribution in [0, 0.1) is 36.0 Å². The molecule has 3 rings (SSSR count). The summed E-state index contributed by atoms with van der Waals surface area (Å²) < 4.78 is 29.4. The zero-order valence-electron chi connectivity index (χ0n) is 34.5. The highest BCUT2D eigenvalue weighted by molar-refractivity contribution is 14.1. The van der Waals surface area contributed by atoms with Crippen LogP contribution in [-0.2, 0) is 38.1 Å². The maximum Gasteiger partial charge on any atom is 0.317 e. The number of cyclic esters (lactones) is 1. The number of alkyl halides is 1. The largest absolute Gasteiger partial charge is 0.448 e. The second-order valence-corrected chi connectivity index (χ2v) is 17.7. The standard InChI is InChI=1S/C39H66IN3O12/c1-14-15-16-43(12)27-18-22(4)51-35(31(27)46)53-33-24(6)29(44)25(7)34(48)54-37(40)39(9,49)32(47)23(5)28(20(2)19-38(33,8)50-13)41-55-36-30(45)26(42(10)11)17-21(3)52-36/h1,20-27,30-33,35-37,45-47,49H,15-19H2,2-13H3/b41-28+/t20-,21-,22-,23+,24+,25-,26+,27+,30-,31-,32-,33-,35+,36+,37+,38-,39+/m1/s1. The van der Waals surface area contributed by atoms with Crippen molar-refractivity contribution in [3.05, 3.63) is 0 Å². The summed E-state index contributed by atoms with van der Waals surface area (Å²) in [7, 11) is 7.06. The number of aliphatic hydroxyl groups excluding tert-OH is 3. The first-order valence-corrected chi connectivity index (χ1v) is 20.5. The van der Waals surface area contributed by atoms with Crippen LogP contribution in [0.3, 0.4) is 0 Å². The fraction of sp³-hybridized carbons (Fsp3) is 0.872. The molecule has 0 radical (unpaired) electrons. The molecule has 3 fully saturated rings. The Morgan fingerprint density at radius 1 is 0.945 bits per heavy atom. The summed E-state index contributed by atoms with van der Waals surface area (Å²) in [5.41, 5.74) is -3.05. The van der Waals surface area contributed by atoms with Gasteiger partial charge in [-0.3, -0.25) is 14.5 Å². The van der Waals surface area contributed by atoms with Gasteiger partial charge in [0, 0.05) is 49.9 Å². The number of hydrogen-bond donors (Lipinski definition) is 4. The van der Waals surface area contributed by atoms with Gasteiger partial charge in [0.1, 0.15) is 23.7 Å². The van der Waals surface area contributed by atoms with Gasteiger partial charge in [0.15, 0.2) is 16.2 Å². The number of ketones is 1. The van der Waals surface area contributed by atoms with Crippen LogP contribution in [0.4, 0.5) is 0 Å². The second kappa shape index (κ2) is 20.0. The highest BCUT2D eigenvalue weighted by Gasteiger charge is 2.52. The number of rotatable bonds is 9. The molecule has 0 unspecified atom stereocenters. The van der Waals surface area contributed by atoms with Crippen molar-refractivity contribution in [3.63, 3.8) is 0 Å². The van der Waals surface area contributed by atoms with Crippen molar-refractivity contribution in [2.75, 3.05) is 34.8 Å². The summed E-state index contributed by atoms with van der Waals surface area (Å²) in [6.45, 7) is 13.9. The second-order valence-electron chi connectivity index (χ2n) is 16.5. The zero-order chi connectivity index (χ0) is 41.7. The minimum atomic E-state index is -2.01. The van der Waals surface area contributed by atoms with Crippen molar-refractivity contribution in [2.45, 2.75) is 158 Å². The van der Waals surface area contributed by atoms with Crippen LogP contribution in [0.2, 0.25) is 0 Å². The third-order valence-electron chi connectivity index (χ3n) is 11.8. The van der Waals surface area contributed by atoms with Crippen LogP contribution in [0.1, 0.15) is 81.1 Å². The topological polar surface area (TPSA) is 189 Å². The van der Waals surface area contributed by atoms with Gasteiger partial charge < -0.3 is 53.8 Å². The van der Waals surface area contributed by atoms with Crippen molar-refractivity contribution in [2.24, 2.45) is 28.8 Å². The Morgan fingerprint density at radius 3 is 2.07 bits per heavy atom. The fourth-order valence-electron chi connectivity index (χ4n) is 8.10. The Kier molecular flexibility index (Phi) is 17.4. The molecule has 3 heterocycles. The Balaban J connectivity index is 2.14. The van der Waals surface area contributed by atoms with Gasteiger partial charge in [-0.15, -0.1) is 12.3 Å². The Morgan fingerprint density at radius 2 is 1.51 bits per heavy atom. The van der Waals surface area contributed by atoms with Gasteiger partial charge in [-0.2, -0.15) is 0 Å². The van der Waals surface area contributed by atoms with Gasteiger partial charge in [-0.1, -0.05) is 25.9 Å². The molecule has 0 aromatic carbocycles. The smallest absolute Gasteiger partial charge is 0.317 e. The molecule has 16 heteroatoms. The lowest BCUT2D eigenvalue weighted by atomic mass is 9.75. The van der Waals surface area contributed by atoms with E-state index in [1.165, 1.54) is 21.0 Å². The Labute approximate surface area is 340 Å². The van der Waals surface area contributed by atoms with E-state index in [4.69, 9.17) is 34.9 Å². The van der Waals surface area contributed by atoms with Crippen LogP contribution in [0.5, 0.6) is 0 Å². The Hall–Kier alpha value is -1.50. The van der Waals surface area contributed by atoms with E-state index >= 15 is 0 Å². The molecule has 0 bridgehead atoms. The van der Waals surface area contributed by atoms with E-state index in [2.05, 4.69) is 11.1 Å². The molecule has 3 saturated heterocycles. The van der Waals surface area contributed by atoms with Crippen molar-refractivity contribution in [1.82, 2.24) is 9.80 Å². The van der Waals surface area contributed by atoms with Crippen molar-refractivity contribution in [3.8, 4) is 12.3 Å². The molecule has 3 aliphatic rings. The van der Waals surface area contributed by atoms with Crippen LogP contribution < -0.4 is 0 Å². The van der Waals surface area contributed by atoms with Crippen LogP contribution in [0.25, 0.3) is 0 Å². The van der Waals surface area contributed by atoms with Gasteiger partial charge in [0.05, 0.1) is 35.7 Å². The lowest BCUT2D eigenvalue weighted by Crippen LogP contribution is -2.60. The number of carbonyl (C=O) groups is 2. The molecule has 0 saturated carbocycles. The molecule has 3 aliphatic heterocycles. The zero-order valence-corrected chi connectivity index (χ0v) is 36.7. The molecule has 0 amide bonds. The fourth-order valence-corrected chi connectivity index (χ4v) is 8.72. The van der Waals surface area contributed by atoms with E-state index in [9.17, 15) is 30.0 Å². The number of carbonyl (C=O) groups excluding carboxylic acids is 2. The lowest BCUT2D eigenvalue weighted by molar-refractivity contribution is -0.295. The quantitative estimate of drug-likeness (QED) is 0.0660. The van der Waals surface area contributed by atoms with Gasteiger partial charge >= 0.3 is 5.97 Å². The van der Waals surface area contributed by atoms with Crippen molar-refractivity contribution < 1.29 is 58.5 Å². The Bertz CT molecular complexity index is 1360. The van der Waals surface area contributed by atoms with Gasteiger partial charge in [0.2, 0.25) is 0 Å². The normalized spacial score (nSPS) is 44.9. The van der Waals surface area contributed by atoms with E-state index < -0.39 is 87.7 Å². The minimum absolute atomic E-state index is 0.119. The van der Waals surface area contributed by atoms with Gasteiger partial charge in [-0.05, 0) is 97.6 Å². The first-order chi connectivity index (χ1) is 25.5. The summed E-state index contributed by atoms with van der Waals surface area (Å²) >= 11 is 1.73. The summed E-state index contributed by atoms with van der Waals surface area (Å²) in [5.74, 6) is -2.58. The van der Waals surface area contributed by atoms with Crippen LogP contribution in [-0.4, -0.2) is 159 Å². The number of oxime groups is 1. The number of hydrogen-bond acceptors (Lipinski definition) is 15. The monoisotopic (exact) mass is 895 g/mol. The van der Waals surface area contributed by atoms with Crippen LogP contribution >= 0.6 is 22.6 Å². The number of nitrogens with zero attached hydrogens (tertiary/aromatic N) is 3. The van der Waals surface area contributed by atoms with E-state index in [0.717, 1.165) is 0 Å². The summed E-state index contributed by atoms with van der Waals surface area (Å²) in [6, 6.07) is -0.645. The number of methoxy groups -OCH3 is 1. The van der Waals surface area contributed by atoms with Crippen LogP contribution in [0.15, 0.2) is 5.16 Å². The first kappa shape index (κ1) is 47.9. The molecular formula is C39H66IN3O12. The average molecular weight is 896 g/mol. The number of terminal acetylenes is 1. The number of Topliss-reactive ketones (excluding diaryl/α,β-unsaturated/α-hetero) is 1. The SMILES string of the molecule is C#CCCN(C)[C@H]1C[C@@H](C)O[C@@H](O[C@@H]2[C@@H](C)C(=O)[C@@H](C)C(=O)O[C@H](I)[C@@](C)(O)[C@H](O)[C@@H](C)/C(=N/O[C@@H]3O[C@H](C)C[C@H](N(C)C)[C@H]3O)[C@H](C)C[C@@]2(C)OC)[C@@H]1O. The number of esters is 1. The molecule has 15 nitrogen and oxygen atoms in total. The highest BCUT2D eigenvalue weighted by Crippen LogP contribution is 2.39. The molecule has 4 N–H and O–H groups in total. The third-order valence-corrected chi connectivity index (χ3v) is 13.3. The summed E-state index contributed by atoms with van der Waals surface area (Å²) in [4.78, 5) is 37.5. The molecule has 0 aromatic rings. The summed E-state index contributed by atoms with van der Waals surface area (Å²) in [6.07, 6.45) is -0.546.